The molecule has 2 aliphatic heterocycles. The zero-order chi connectivity index (χ0) is 18.6. The van der Waals surface area contributed by atoms with Gasteiger partial charge in [-0.2, -0.15) is 0 Å². The second-order valence-electron chi connectivity index (χ2n) is 7.49. The maximum absolute atomic E-state index is 12.7. The van der Waals surface area contributed by atoms with Gasteiger partial charge in [0.2, 0.25) is 6.10 Å². The van der Waals surface area contributed by atoms with E-state index in [2.05, 4.69) is 6.58 Å². The number of hydrogen-bond donors (Lipinski definition) is 0. The summed E-state index contributed by atoms with van der Waals surface area (Å²) in [5.41, 5.74) is 0.662. The Hall–Kier alpha value is -2.38. The Labute approximate surface area is 149 Å². The Morgan fingerprint density at radius 3 is 2.62 bits per heavy atom. The summed E-state index contributed by atoms with van der Waals surface area (Å²) in [5, 5.41) is 0. The van der Waals surface area contributed by atoms with Gasteiger partial charge < -0.3 is 18.9 Å². The first-order valence-corrected chi connectivity index (χ1v) is 8.78. The molecule has 0 radical (unpaired) electrons. The highest BCUT2D eigenvalue weighted by Gasteiger charge is 2.70. The van der Waals surface area contributed by atoms with Crippen LogP contribution in [0.15, 0.2) is 12.2 Å². The minimum atomic E-state index is -0.931. The van der Waals surface area contributed by atoms with E-state index in [0.29, 0.717) is 18.4 Å². The molecule has 7 atom stereocenters. The van der Waals surface area contributed by atoms with E-state index >= 15 is 0 Å². The van der Waals surface area contributed by atoms with Crippen molar-refractivity contribution in [3.63, 3.8) is 0 Å². The fourth-order valence-electron chi connectivity index (χ4n) is 4.71. The fourth-order valence-corrected chi connectivity index (χ4v) is 4.71. The van der Waals surface area contributed by atoms with Crippen LogP contribution in [0.2, 0.25) is 0 Å². The molecule has 8 nitrogen and oxygen atoms in total. The molecule has 2 saturated heterocycles. The average molecular weight is 364 g/mol. The van der Waals surface area contributed by atoms with Gasteiger partial charge in [-0.15, -0.1) is 0 Å². The van der Waals surface area contributed by atoms with Crippen LogP contribution in [0.1, 0.15) is 26.2 Å². The Morgan fingerprint density at radius 1 is 1.19 bits per heavy atom. The van der Waals surface area contributed by atoms with Crippen LogP contribution < -0.4 is 0 Å². The Morgan fingerprint density at radius 2 is 1.96 bits per heavy atom. The van der Waals surface area contributed by atoms with Gasteiger partial charge in [0.25, 0.3) is 0 Å². The highest BCUT2D eigenvalue weighted by molar-refractivity contribution is 5.88. The van der Waals surface area contributed by atoms with Crippen molar-refractivity contribution >= 4 is 23.9 Å². The SMILES string of the molecule is C=C(C)CC(=O)OC1C2CC3C1OC(=O)C3C2C(=O)OC1CCOC1=O. The lowest BCUT2D eigenvalue weighted by Crippen LogP contribution is -2.44. The number of cyclic esters (lactones) is 1. The first-order chi connectivity index (χ1) is 12.4. The summed E-state index contributed by atoms with van der Waals surface area (Å²) in [4.78, 5) is 48.5. The normalized spacial score (nSPS) is 39.5. The lowest BCUT2D eigenvalue weighted by Gasteiger charge is -2.30. The number of ether oxygens (including phenoxy) is 4. The molecular formula is C18H20O8. The van der Waals surface area contributed by atoms with Gasteiger partial charge in [-0.25, -0.2) is 4.79 Å². The van der Waals surface area contributed by atoms with E-state index in [1.54, 1.807) is 6.92 Å². The van der Waals surface area contributed by atoms with Gasteiger partial charge in [0, 0.05) is 18.3 Å². The van der Waals surface area contributed by atoms with Crippen LogP contribution in [0, 0.1) is 23.7 Å². The van der Waals surface area contributed by atoms with Crippen molar-refractivity contribution in [2.24, 2.45) is 23.7 Å². The number of rotatable bonds is 5. The minimum absolute atomic E-state index is 0.0704. The molecule has 0 aromatic carbocycles. The zero-order valence-corrected chi connectivity index (χ0v) is 14.3. The van der Waals surface area contributed by atoms with Gasteiger partial charge in [0.1, 0.15) is 12.2 Å². The predicted octanol–water partition coefficient (Wildman–Crippen LogP) is 0.531. The summed E-state index contributed by atoms with van der Waals surface area (Å²) >= 11 is 0. The summed E-state index contributed by atoms with van der Waals surface area (Å²) in [6, 6.07) is 0. The molecule has 26 heavy (non-hydrogen) atoms. The van der Waals surface area contributed by atoms with Gasteiger partial charge in [-0.3, -0.25) is 14.4 Å². The van der Waals surface area contributed by atoms with Gasteiger partial charge in [-0.1, -0.05) is 12.2 Å². The summed E-state index contributed by atoms with van der Waals surface area (Å²) in [5.74, 6) is -3.97. The van der Waals surface area contributed by atoms with Crippen molar-refractivity contribution < 1.29 is 38.1 Å². The molecule has 0 spiro atoms. The molecule has 0 amide bonds. The number of carbonyl (C=O) groups excluding carboxylic acids is 4. The van der Waals surface area contributed by atoms with Crippen LogP contribution in [0.3, 0.4) is 0 Å². The van der Waals surface area contributed by atoms with Crippen LogP contribution in [-0.2, 0) is 38.1 Å². The van der Waals surface area contributed by atoms with Crippen LogP contribution in [-0.4, -0.2) is 48.8 Å². The van der Waals surface area contributed by atoms with Crippen molar-refractivity contribution in [3.8, 4) is 0 Å². The van der Waals surface area contributed by atoms with Gasteiger partial charge in [0.05, 0.1) is 24.9 Å². The highest BCUT2D eigenvalue weighted by Crippen LogP contribution is 2.59. The molecule has 4 fully saturated rings. The fraction of sp³-hybridized carbons (Fsp3) is 0.667. The highest BCUT2D eigenvalue weighted by atomic mass is 16.6. The van der Waals surface area contributed by atoms with Crippen LogP contribution in [0.25, 0.3) is 0 Å². The van der Waals surface area contributed by atoms with Gasteiger partial charge >= 0.3 is 23.9 Å². The second-order valence-corrected chi connectivity index (χ2v) is 7.49. The molecule has 0 N–H and O–H groups in total. The lowest BCUT2D eigenvalue weighted by molar-refractivity contribution is -0.170. The number of carbonyl (C=O) groups is 4. The van der Waals surface area contributed by atoms with E-state index in [4.69, 9.17) is 18.9 Å². The predicted molar refractivity (Wildman–Crippen MR) is 83.2 cm³/mol. The first kappa shape index (κ1) is 17.1. The molecule has 0 aromatic rings. The molecule has 4 aliphatic rings. The first-order valence-electron chi connectivity index (χ1n) is 8.78. The van der Waals surface area contributed by atoms with E-state index < -0.39 is 54.0 Å². The molecule has 2 bridgehead atoms. The number of hydrogen-bond acceptors (Lipinski definition) is 8. The van der Waals surface area contributed by atoms with E-state index in [-0.39, 0.29) is 24.9 Å². The van der Waals surface area contributed by atoms with Crippen molar-refractivity contribution in [1.82, 2.24) is 0 Å². The second kappa shape index (κ2) is 6.10. The molecule has 8 heteroatoms. The largest absolute Gasteiger partial charge is 0.463 e. The van der Waals surface area contributed by atoms with Crippen molar-refractivity contribution in [3.05, 3.63) is 12.2 Å². The lowest BCUT2D eigenvalue weighted by atomic mass is 9.78. The van der Waals surface area contributed by atoms with Crippen molar-refractivity contribution in [1.29, 1.82) is 0 Å². The van der Waals surface area contributed by atoms with E-state index in [1.165, 1.54) is 0 Å². The molecule has 2 saturated carbocycles. The zero-order valence-electron chi connectivity index (χ0n) is 14.3. The van der Waals surface area contributed by atoms with Gasteiger partial charge in [-0.05, 0) is 13.3 Å². The van der Waals surface area contributed by atoms with Crippen molar-refractivity contribution in [2.45, 2.75) is 44.5 Å². The quantitative estimate of drug-likeness (QED) is 0.395. The Bertz CT molecular complexity index is 697. The monoisotopic (exact) mass is 364 g/mol. The molecule has 2 aliphatic carbocycles. The van der Waals surface area contributed by atoms with Crippen LogP contribution >= 0.6 is 0 Å². The maximum Gasteiger partial charge on any atom is 0.347 e. The molecule has 7 unspecified atom stereocenters. The third-order valence-electron chi connectivity index (χ3n) is 5.68. The van der Waals surface area contributed by atoms with E-state index in [0.717, 1.165) is 0 Å². The average Bonchev–Trinajstić information content (AvgIpc) is 3.25. The Kier molecular flexibility index (Phi) is 4.00. The summed E-state index contributed by atoms with van der Waals surface area (Å²) in [7, 11) is 0. The van der Waals surface area contributed by atoms with Crippen molar-refractivity contribution in [2.75, 3.05) is 6.61 Å². The smallest absolute Gasteiger partial charge is 0.347 e. The van der Waals surface area contributed by atoms with Crippen LogP contribution in [0.4, 0.5) is 0 Å². The molecular weight excluding hydrogens is 344 g/mol. The topological polar surface area (TPSA) is 105 Å². The Balaban J connectivity index is 1.51. The van der Waals surface area contributed by atoms with E-state index in [9.17, 15) is 19.2 Å². The van der Waals surface area contributed by atoms with E-state index in [1.807, 2.05) is 0 Å². The third kappa shape index (κ3) is 2.59. The number of fused-ring (bicyclic) bond motifs is 1. The van der Waals surface area contributed by atoms with Gasteiger partial charge in [0.15, 0.2) is 0 Å². The standard InChI is InChI=1S/C18H20O8/c1-7(2)5-11(19)25-14-8-6-9-13(18(22)26-15(9)14)12(8)17(21)24-10-3-4-23-16(10)20/h8-10,12-15H,1,3-6H2,2H3. The maximum atomic E-state index is 12.7. The molecule has 4 rings (SSSR count). The molecule has 140 valence electrons. The minimum Gasteiger partial charge on any atom is -0.463 e. The third-order valence-corrected chi connectivity index (χ3v) is 5.68. The summed E-state index contributed by atoms with van der Waals surface area (Å²) in [6.07, 6.45) is -1.17. The summed E-state index contributed by atoms with van der Waals surface area (Å²) in [6.45, 7) is 5.61. The summed E-state index contributed by atoms with van der Waals surface area (Å²) < 4.78 is 21.0. The van der Waals surface area contributed by atoms with Crippen LogP contribution in [0.5, 0.6) is 0 Å². The number of esters is 4. The molecule has 0 aromatic heterocycles. The molecule has 2 heterocycles.